The largest absolute Gasteiger partial charge is 0.289 e. The first-order valence-corrected chi connectivity index (χ1v) is 10.1. The molecule has 6 rings (SSSR count). The highest BCUT2D eigenvalue weighted by molar-refractivity contribution is 6.12. The van der Waals surface area contributed by atoms with E-state index in [4.69, 9.17) is 0 Å². The smallest absolute Gasteiger partial charge is 0.193 e. The molecule has 0 N–H and O–H groups in total. The Bertz CT molecular complexity index is 1090. The maximum Gasteiger partial charge on any atom is 0.193 e. The summed E-state index contributed by atoms with van der Waals surface area (Å²) >= 11 is 0. The summed E-state index contributed by atoms with van der Waals surface area (Å²) in [6.45, 7) is 0. The normalized spacial score (nSPS) is 12.8. The van der Waals surface area contributed by atoms with Gasteiger partial charge in [-0.05, 0) is 35.1 Å². The van der Waals surface area contributed by atoms with Gasteiger partial charge in [-0.3, -0.25) is 9.59 Å². The standard InChI is InChI=1S/2C14H10O.ClH/c2*15-14-12-7-3-1-5-10(12)9-11-6-2-4-8-13(11)14;/h2*1-8H,9H2;1H. The molecule has 0 fully saturated rings. The van der Waals surface area contributed by atoms with Gasteiger partial charge in [-0.2, -0.15) is 0 Å². The molecule has 2 aliphatic carbocycles. The zero-order valence-corrected chi connectivity index (χ0v) is 17.7. The Morgan fingerprint density at radius 3 is 0.871 bits per heavy atom. The zero-order valence-electron chi connectivity index (χ0n) is 16.9. The lowest BCUT2D eigenvalue weighted by atomic mass is 9.85. The predicted molar refractivity (Wildman–Crippen MR) is 125 cm³/mol. The summed E-state index contributed by atoms with van der Waals surface area (Å²) in [5.41, 5.74) is 7.99. The van der Waals surface area contributed by atoms with Crippen molar-refractivity contribution >= 4 is 24.0 Å². The van der Waals surface area contributed by atoms with Crippen LogP contribution in [-0.4, -0.2) is 11.6 Å². The molecule has 4 aromatic carbocycles. The summed E-state index contributed by atoms with van der Waals surface area (Å²) in [5, 5.41) is 0. The number of carbonyl (C=O) groups excluding carboxylic acids is 2. The number of rotatable bonds is 0. The lowest BCUT2D eigenvalue weighted by Crippen LogP contribution is -2.14. The van der Waals surface area contributed by atoms with E-state index >= 15 is 0 Å². The van der Waals surface area contributed by atoms with Crippen molar-refractivity contribution in [3.8, 4) is 0 Å². The summed E-state index contributed by atoms with van der Waals surface area (Å²) in [7, 11) is 0. The zero-order chi connectivity index (χ0) is 20.5. The molecule has 2 aliphatic rings. The number of carbonyl (C=O) groups is 2. The number of benzene rings is 4. The van der Waals surface area contributed by atoms with Crippen LogP contribution in [0.5, 0.6) is 0 Å². The molecule has 0 spiro atoms. The van der Waals surface area contributed by atoms with Crippen molar-refractivity contribution in [2.24, 2.45) is 0 Å². The molecule has 2 nitrogen and oxygen atoms in total. The average Bonchev–Trinajstić information content (AvgIpc) is 2.80. The van der Waals surface area contributed by atoms with Gasteiger partial charge in [-0.15, -0.1) is 12.4 Å². The van der Waals surface area contributed by atoms with E-state index < -0.39 is 0 Å². The van der Waals surface area contributed by atoms with Crippen LogP contribution in [0.1, 0.15) is 54.1 Å². The van der Waals surface area contributed by atoms with Gasteiger partial charge in [0, 0.05) is 22.3 Å². The molecule has 152 valence electrons. The fourth-order valence-electron chi connectivity index (χ4n) is 4.28. The minimum atomic E-state index is 0. The van der Waals surface area contributed by atoms with Gasteiger partial charge in [0.05, 0.1) is 0 Å². The molecule has 0 saturated heterocycles. The first-order valence-electron chi connectivity index (χ1n) is 10.1. The predicted octanol–water partition coefficient (Wildman–Crippen LogP) is 6.07. The minimum absolute atomic E-state index is 0. The van der Waals surface area contributed by atoms with E-state index in [0.29, 0.717) is 0 Å². The Morgan fingerprint density at radius 2 is 0.613 bits per heavy atom. The second-order valence-electron chi connectivity index (χ2n) is 7.64. The van der Waals surface area contributed by atoms with Crippen molar-refractivity contribution in [2.75, 3.05) is 0 Å². The lowest BCUT2D eigenvalue weighted by molar-refractivity contribution is 0.102. The van der Waals surface area contributed by atoms with Crippen molar-refractivity contribution in [3.63, 3.8) is 0 Å². The van der Waals surface area contributed by atoms with Gasteiger partial charge in [0.25, 0.3) is 0 Å². The van der Waals surface area contributed by atoms with E-state index in [0.717, 1.165) is 57.3 Å². The quantitative estimate of drug-likeness (QED) is 0.297. The van der Waals surface area contributed by atoms with E-state index in [1.807, 2.05) is 97.1 Å². The summed E-state index contributed by atoms with van der Waals surface area (Å²) in [5.74, 6) is 0.319. The molecular formula is C28H21ClO2. The van der Waals surface area contributed by atoms with E-state index in [2.05, 4.69) is 0 Å². The Kier molecular flexibility index (Phi) is 5.83. The van der Waals surface area contributed by atoms with Gasteiger partial charge < -0.3 is 0 Å². The summed E-state index contributed by atoms with van der Waals surface area (Å²) in [6.07, 6.45) is 1.75. The van der Waals surface area contributed by atoms with E-state index in [1.54, 1.807) is 0 Å². The van der Waals surface area contributed by atoms with Crippen LogP contribution in [-0.2, 0) is 12.8 Å². The molecule has 0 amide bonds. The SMILES string of the molecule is Cl.O=C1c2ccccc2Cc2ccccc21.O=C1c2ccccc2Cc2ccccc21. The molecular weight excluding hydrogens is 404 g/mol. The maximum absolute atomic E-state index is 12.1. The molecule has 3 heteroatoms. The molecule has 0 bridgehead atoms. The number of ketones is 2. The van der Waals surface area contributed by atoms with E-state index in [1.165, 1.54) is 0 Å². The molecule has 0 aromatic heterocycles. The number of halogens is 1. The van der Waals surface area contributed by atoms with Crippen LogP contribution >= 0.6 is 12.4 Å². The van der Waals surface area contributed by atoms with Gasteiger partial charge >= 0.3 is 0 Å². The van der Waals surface area contributed by atoms with Crippen LogP contribution in [0.2, 0.25) is 0 Å². The highest BCUT2D eigenvalue weighted by Crippen LogP contribution is 2.27. The van der Waals surface area contributed by atoms with Crippen LogP contribution < -0.4 is 0 Å². The molecule has 0 aliphatic heterocycles. The highest BCUT2D eigenvalue weighted by atomic mass is 35.5. The molecule has 0 unspecified atom stereocenters. The maximum atomic E-state index is 12.1. The van der Waals surface area contributed by atoms with Crippen LogP contribution in [0, 0.1) is 0 Å². The van der Waals surface area contributed by atoms with Crippen molar-refractivity contribution < 1.29 is 9.59 Å². The van der Waals surface area contributed by atoms with E-state index in [9.17, 15) is 9.59 Å². The van der Waals surface area contributed by atoms with Crippen LogP contribution in [0.25, 0.3) is 0 Å². The molecule has 0 radical (unpaired) electrons. The molecule has 31 heavy (non-hydrogen) atoms. The lowest BCUT2D eigenvalue weighted by Gasteiger charge is -2.17. The second-order valence-corrected chi connectivity index (χ2v) is 7.64. The Balaban J connectivity index is 0.000000144. The Morgan fingerprint density at radius 1 is 0.387 bits per heavy atom. The van der Waals surface area contributed by atoms with Crippen molar-refractivity contribution in [3.05, 3.63) is 142 Å². The number of hydrogen-bond donors (Lipinski definition) is 0. The minimum Gasteiger partial charge on any atom is -0.289 e. The van der Waals surface area contributed by atoms with Crippen molar-refractivity contribution in [1.82, 2.24) is 0 Å². The molecule has 4 aromatic rings. The summed E-state index contributed by atoms with van der Waals surface area (Å²) in [6, 6.07) is 31.4. The van der Waals surface area contributed by atoms with Crippen molar-refractivity contribution in [2.45, 2.75) is 12.8 Å². The molecule has 0 saturated carbocycles. The van der Waals surface area contributed by atoms with Gasteiger partial charge in [0.15, 0.2) is 11.6 Å². The fourth-order valence-corrected chi connectivity index (χ4v) is 4.28. The van der Waals surface area contributed by atoms with Crippen LogP contribution in [0.3, 0.4) is 0 Å². The summed E-state index contributed by atoms with van der Waals surface area (Å²) < 4.78 is 0. The second kappa shape index (κ2) is 8.71. The number of hydrogen-bond acceptors (Lipinski definition) is 2. The summed E-state index contributed by atoms with van der Waals surface area (Å²) in [4.78, 5) is 24.2. The average molecular weight is 425 g/mol. The van der Waals surface area contributed by atoms with E-state index in [-0.39, 0.29) is 24.0 Å². The van der Waals surface area contributed by atoms with Crippen molar-refractivity contribution in [1.29, 1.82) is 0 Å². The number of fused-ring (bicyclic) bond motifs is 4. The first kappa shape index (κ1) is 20.8. The highest BCUT2D eigenvalue weighted by Gasteiger charge is 2.22. The van der Waals surface area contributed by atoms with Gasteiger partial charge in [-0.25, -0.2) is 0 Å². The first-order chi connectivity index (χ1) is 14.7. The topological polar surface area (TPSA) is 34.1 Å². The molecule has 0 atom stereocenters. The van der Waals surface area contributed by atoms with Gasteiger partial charge in [-0.1, -0.05) is 97.1 Å². The van der Waals surface area contributed by atoms with Gasteiger partial charge in [0.2, 0.25) is 0 Å². The Hall–Kier alpha value is -3.49. The molecule has 0 heterocycles. The third-order valence-corrected chi connectivity index (χ3v) is 5.81. The van der Waals surface area contributed by atoms with Gasteiger partial charge in [0.1, 0.15) is 0 Å². The van der Waals surface area contributed by atoms with Crippen LogP contribution in [0.4, 0.5) is 0 Å². The monoisotopic (exact) mass is 424 g/mol. The fraction of sp³-hybridized carbons (Fsp3) is 0.0714. The third-order valence-electron chi connectivity index (χ3n) is 5.81. The van der Waals surface area contributed by atoms with Crippen LogP contribution in [0.15, 0.2) is 97.1 Å². The Labute approximate surface area is 188 Å². The third kappa shape index (κ3) is 3.83.